The average Bonchev–Trinajstić information content (AvgIpc) is 2.36. The van der Waals surface area contributed by atoms with E-state index in [2.05, 4.69) is 19.2 Å². The number of hydrogen-bond donors (Lipinski definition) is 1. The summed E-state index contributed by atoms with van der Waals surface area (Å²) in [7, 11) is 3.22. The molecule has 0 saturated carbocycles. The van der Waals surface area contributed by atoms with Crippen molar-refractivity contribution in [1.29, 1.82) is 0 Å². The van der Waals surface area contributed by atoms with Gasteiger partial charge in [0, 0.05) is 24.8 Å². The van der Waals surface area contributed by atoms with E-state index >= 15 is 0 Å². The average molecular weight is 251 g/mol. The maximum absolute atomic E-state index is 11.9. The molecule has 1 aromatic carbocycles. The van der Waals surface area contributed by atoms with E-state index in [1.165, 1.54) is 0 Å². The minimum Gasteiger partial charge on any atom is -0.496 e. The Morgan fingerprint density at radius 2 is 2.06 bits per heavy atom. The molecule has 0 heterocycles. The van der Waals surface area contributed by atoms with E-state index in [1.54, 1.807) is 32.4 Å². The van der Waals surface area contributed by atoms with Crippen LogP contribution < -0.4 is 10.1 Å². The van der Waals surface area contributed by atoms with Gasteiger partial charge in [0.2, 0.25) is 0 Å². The number of ether oxygens (including phenoxy) is 2. The van der Waals surface area contributed by atoms with E-state index in [0.717, 1.165) is 11.3 Å². The molecule has 4 heteroatoms. The maximum Gasteiger partial charge on any atom is 0.251 e. The van der Waals surface area contributed by atoms with E-state index < -0.39 is 0 Å². The Balaban J connectivity index is 2.83. The molecule has 0 spiro atoms. The van der Waals surface area contributed by atoms with E-state index in [9.17, 15) is 4.79 Å². The van der Waals surface area contributed by atoms with E-state index in [-0.39, 0.29) is 5.91 Å². The topological polar surface area (TPSA) is 47.6 Å². The highest BCUT2D eigenvalue weighted by atomic mass is 16.5. The van der Waals surface area contributed by atoms with Gasteiger partial charge in [0.05, 0.1) is 13.7 Å². The first-order valence-corrected chi connectivity index (χ1v) is 6.02. The molecule has 1 N–H and O–H groups in total. The zero-order chi connectivity index (χ0) is 13.5. The third kappa shape index (κ3) is 4.04. The Bertz CT molecular complexity index is 402. The molecular weight excluding hydrogens is 230 g/mol. The fourth-order valence-electron chi connectivity index (χ4n) is 1.59. The summed E-state index contributed by atoms with van der Waals surface area (Å²) in [5, 5.41) is 2.88. The van der Waals surface area contributed by atoms with Crippen LogP contribution in [0, 0.1) is 5.92 Å². The predicted molar refractivity (Wildman–Crippen MR) is 70.9 cm³/mol. The minimum absolute atomic E-state index is 0.0660. The second-order valence-electron chi connectivity index (χ2n) is 4.56. The molecule has 4 nitrogen and oxygen atoms in total. The van der Waals surface area contributed by atoms with Crippen LogP contribution in [0.1, 0.15) is 29.8 Å². The quantitative estimate of drug-likeness (QED) is 0.843. The molecule has 18 heavy (non-hydrogen) atoms. The van der Waals surface area contributed by atoms with Crippen LogP contribution in [0.4, 0.5) is 0 Å². The molecule has 100 valence electrons. The van der Waals surface area contributed by atoms with Crippen molar-refractivity contribution in [3.05, 3.63) is 29.3 Å². The summed E-state index contributed by atoms with van der Waals surface area (Å²) in [6, 6.07) is 5.35. The second kappa shape index (κ2) is 7.01. The summed E-state index contributed by atoms with van der Waals surface area (Å²) in [6.07, 6.45) is 0. The van der Waals surface area contributed by atoms with Crippen molar-refractivity contribution in [3.8, 4) is 5.75 Å². The summed E-state index contributed by atoms with van der Waals surface area (Å²) < 4.78 is 10.3. The molecule has 0 atom stereocenters. The lowest BCUT2D eigenvalue weighted by Crippen LogP contribution is -2.27. The van der Waals surface area contributed by atoms with Gasteiger partial charge < -0.3 is 14.8 Å². The molecule has 0 fully saturated rings. The Morgan fingerprint density at radius 1 is 1.33 bits per heavy atom. The lowest BCUT2D eigenvalue weighted by atomic mass is 10.1. The van der Waals surface area contributed by atoms with E-state index in [0.29, 0.717) is 24.6 Å². The van der Waals surface area contributed by atoms with Gasteiger partial charge in [0.1, 0.15) is 5.75 Å². The molecule has 0 aromatic heterocycles. The molecular formula is C14H21NO3. The zero-order valence-electron chi connectivity index (χ0n) is 11.4. The number of nitrogens with one attached hydrogen (secondary N) is 1. The van der Waals surface area contributed by atoms with Crippen molar-refractivity contribution >= 4 is 5.91 Å². The van der Waals surface area contributed by atoms with Crippen molar-refractivity contribution in [3.63, 3.8) is 0 Å². The molecule has 1 amide bonds. The van der Waals surface area contributed by atoms with E-state index in [4.69, 9.17) is 9.47 Å². The first-order chi connectivity index (χ1) is 8.58. The molecule has 1 rings (SSSR count). The lowest BCUT2D eigenvalue weighted by molar-refractivity contribution is 0.0948. The van der Waals surface area contributed by atoms with Gasteiger partial charge in [-0.3, -0.25) is 4.79 Å². The van der Waals surface area contributed by atoms with Crippen LogP contribution in [-0.4, -0.2) is 26.7 Å². The fraction of sp³-hybridized carbons (Fsp3) is 0.500. The number of amides is 1. The first-order valence-electron chi connectivity index (χ1n) is 6.02. The van der Waals surface area contributed by atoms with Crippen molar-refractivity contribution in [2.75, 3.05) is 20.8 Å². The van der Waals surface area contributed by atoms with Gasteiger partial charge in [0.15, 0.2) is 0 Å². The second-order valence-corrected chi connectivity index (χ2v) is 4.56. The monoisotopic (exact) mass is 251 g/mol. The summed E-state index contributed by atoms with van der Waals surface area (Å²) in [5.41, 5.74) is 1.50. The van der Waals surface area contributed by atoms with Crippen molar-refractivity contribution in [1.82, 2.24) is 5.32 Å². The number of methoxy groups -OCH3 is 2. The van der Waals surface area contributed by atoms with Crippen molar-refractivity contribution in [2.24, 2.45) is 5.92 Å². The van der Waals surface area contributed by atoms with Crippen LogP contribution in [0.5, 0.6) is 5.75 Å². The van der Waals surface area contributed by atoms with Gasteiger partial charge >= 0.3 is 0 Å². The third-order valence-corrected chi connectivity index (χ3v) is 2.51. The van der Waals surface area contributed by atoms with Gasteiger partial charge in [-0.2, -0.15) is 0 Å². The van der Waals surface area contributed by atoms with Crippen molar-refractivity contribution in [2.45, 2.75) is 20.5 Å². The summed E-state index contributed by atoms with van der Waals surface area (Å²) >= 11 is 0. The van der Waals surface area contributed by atoms with Gasteiger partial charge in [-0.25, -0.2) is 0 Å². The number of hydrogen-bond acceptors (Lipinski definition) is 3. The number of benzene rings is 1. The van der Waals surface area contributed by atoms with Gasteiger partial charge in [-0.05, 0) is 24.1 Å². The predicted octanol–water partition coefficient (Wildman–Crippen LogP) is 2.23. The lowest BCUT2D eigenvalue weighted by Gasteiger charge is -2.11. The largest absolute Gasteiger partial charge is 0.496 e. The number of carbonyl (C=O) groups is 1. The third-order valence-electron chi connectivity index (χ3n) is 2.51. The Morgan fingerprint density at radius 3 is 2.61 bits per heavy atom. The van der Waals surface area contributed by atoms with Crippen LogP contribution in [0.15, 0.2) is 18.2 Å². The minimum atomic E-state index is -0.0660. The van der Waals surface area contributed by atoms with Crippen LogP contribution in [0.25, 0.3) is 0 Å². The molecule has 0 radical (unpaired) electrons. The SMILES string of the molecule is COCc1cc(C(=O)NCC(C)C)ccc1OC. The Kier molecular flexibility index (Phi) is 5.65. The van der Waals surface area contributed by atoms with Gasteiger partial charge in [-0.15, -0.1) is 0 Å². The molecule has 0 unspecified atom stereocenters. The number of rotatable bonds is 6. The molecule has 0 aliphatic carbocycles. The van der Waals surface area contributed by atoms with Gasteiger partial charge in [-0.1, -0.05) is 13.8 Å². The first kappa shape index (κ1) is 14.5. The van der Waals surface area contributed by atoms with Crippen LogP contribution in [0.2, 0.25) is 0 Å². The Hall–Kier alpha value is -1.55. The fourth-order valence-corrected chi connectivity index (χ4v) is 1.59. The molecule has 0 aliphatic rings. The van der Waals surface area contributed by atoms with Crippen molar-refractivity contribution < 1.29 is 14.3 Å². The summed E-state index contributed by atoms with van der Waals surface area (Å²) in [5.74, 6) is 1.10. The number of carbonyl (C=O) groups excluding carboxylic acids is 1. The summed E-state index contributed by atoms with van der Waals surface area (Å²) in [6.45, 7) is 5.22. The smallest absolute Gasteiger partial charge is 0.251 e. The van der Waals surface area contributed by atoms with E-state index in [1.807, 2.05) is 0 Å². The van der Waals surface area contributed by atoms with Crippen LogP contribution >= 0.6 is 0 Å². The highest BCUT2D eigenvalue weighted by Crippen LogP contribution is 2.20. The Labute approximate surface area is 108 Å². The zero-order valence-corrected chi connectivity index (χ0v) is 11.4. The maximum atomic E-state index is 11.9. The molecule has 1 aromatic rings. The highest BCUT2D eigenvalue weighted by molar-refractivity contribution is 5.94. The molecule has 0 aliphatic heterocycles. The van der Waals surface area contributed by atoms with Gasteiger partial charge in [0.25, 0.3) is 5.91 Å². The molecule has 0 saturated heterocycles. The normalized spacial score (nSPS) is 10.5. The van der Waals surface area contributed by atoms with Crippen LogP contribution in [0.3, 0.4) is 0 Å². The van der Waals surface area contributed by atoms with Crippen LogP contribution in [-0.2, 0) is 11.3 Å². The molecule has 0 bridgehead atoms. The standard InChI is InChI=1S/C14H21NO3/c1-10(2)8-15-14(16)11-5-6-13(18-4)12(7-11)9-17-3/h5-7,10H,8-9H2,1-4H3,(H,15,16). The summed E-state index contributed by atoms with van der Waals surface area (Å²) in [4.78, 5) is 11.9. The highest BCUT2D eigenvalue weighted by Gasteiger charge is 2.10.